The molecule has 0 spiro atoms. The summed E-state index contributed by atoms with van der Waals surface area (Å²) in [5, 5.41) is 39.2. The number of benzene rings is 2. The highest BCUT2D eigenvalue weighted by Crippen LogP contribution is 2.21. The van der Waals surface area contributed by atoms with Crippen molar-refractivity contribution in [2.75, 3.05) is 26.7 Å². The van der Waals surface area contributed by atoms with E-state index in [0.29, 0.717) is 42.5 Å². The molecule has 4 rings (SSSR count). The molecule has 2 aromatic carbocycles. The van der Waals surface area contributed by atoms with Gasteiger partial charge in [-0.25, -0.2) is 9.78 Å². The number of carbonyl (C=O) groups is 8. The second-order valence-corrected chi connectivity index (χ2v) is 18.6. The number of aliphatic carboxylic acids is 1. The number of nitrogens with one attached hydrogen (secondary N) is 8. The van der Waals surface area contributed by atoms with Gasteiger partial charge in [-0.15, -0.1) is 0 Å². The number of phenols is 1. The summed E-state index contributed by atoms with van der Waals surface area (Å²) in [6.45, 7) is 7.16. The first-order chi connectivity index (χ1) is 34.8. The van der Waals surface area contributed by atoms with Crippen LogP contribution in [0.5, 0.6) is 5.75 Å². The van der Waals surface area contributed by atoms with Gasteiger partial charge >= 0.3 is 5.97 Å². The summed E-state index contributed by atoms with van der Waals surface area (Å²) in [6, 6.07) is 6.24. The molecule has 1 unspecified atom stereocenters. The zero-order valence-electron chi connectivity index (χ0n) is 42.2. The van der Waals surface area contributed by atoms with Gasteiger partial charge in [0.15, 0.2) is 5.96 Å². The number of aliphatic imine (C=N–C) groups is 1. The SMILES string of the molecule is CCC(C)[C@H](NC(=O)[C@H](Cc1ccc(O)cc1)NC(=O)[C@@H](NC(=O)[C@H](CCCN=C(N)N)NC(=O)CNC)C(C)C)C(=O)N[C@@H](Cc1cnc[nH]1)C(=O)N1CCCC[C@H]1C(=O)N[C@@H](Cc1ccccc1)C(=O)O. The fourth-order valence-corrected chi connectivity index (χ4v) is 8.33. The Morgan fingerprint density at radius 2 is 1.40 bits per heavy atom. The van der Waals surface area contributed by atoms with Gasteiger partial charge in [0.1, 0.15) is 48.0 Å². The number of carboxylic acids is 1. The van der Waals surface area contributed by atoms with Gasteiger partial charge in [-0.1, -0.05) is 76.6 Å². The summed E-state index contributed by atoms with van der Waals surface area (Å²) in [5.74, 6) is -7.13. The number of likely N-dealkylation sites (tertiary alicyclic amines) is 1. The number of aromatic nitrogens is 2. The van der Waals surface area contributed by atoms with E-state index in [0.717, 1.165) is 0 Å². The summed E-state index contributed by atoms with van der Waals surface area (Å²) in [7, 11) is 1.57. The Labute approximate surface area is 425 Å². The standard InChI is InChI=1S/C50H73N13O10/c1-6-30(4)42(47(70)59-37(25-33-26-54-28-56-33)48(71)63-22-11-10-16-39(63)45(68)60-38(49(72)73)24-31-13-8-7-9-14-31)62-44(67)36(23-32-17-19-34(64)20-18-32)58-46(69)41(29(2)3)61-43(66)35(57-40(65)27-53-5)15-12-21-55-50(51)52/h7-9,13-14,17-20,26,28-30,35-39,41-42,53,64H,6,10-12,15-16,21-25,27H2,1-5H3,(H,54,56)(H,57,65)(H,58,69)(H,59,70)(H,60,68)(H,61,66)(H,62,67)(H,72,73)(H4,51,52,55)/t30?,35-,36-,37-,38-,39-,41-,42-/m0/s1. The predicted molar refractivity (Wildman–Crippen MR) is 271 cm³/mol. The highest BCUT2D eigenvalue weighted by Gasteiger charge is 2.40. The summed E-state index contributed by atoms with van der Waals surface area (Å²) < 4.78 is 0. The maximum absolute atomic E-state index is 14.7. The number of amides is 7. The van der Waals surface area contributed by atoms with Crippen LogP contribution < -0.4 is 48.7 Å². The normalized spacial score (nSPS) is 16.2. The molecular weight excluding hydrogens is 943 g/mol. The predicted octanol–water partition coefficient (Wildman–Crippen LogP) is -0.507. The molecule has 398 valence electrons. The van der Waals surface area contributed by atoms with E-state index in [1.54, 1.807) is 70.3 Å². The largest absolute Gasteiger partial charge is 0.508 e. The molecule has 3 aromatic rings. The number of hydrogen-bond donors (Lipinski definition) is 12. The molecule has 14 N–H and O–H groups in total. The average molecular weight is 1020 g/mol. The molecule has 0 saturated carbocycles. The molecule has 1 saturated heterocycles. The van der Waals surface area contributed by atoms with E-state index in [-0.39, 0.29) is 63.4 Å². The van der Waals surface area contributed by atoms with Crippen molar-refractivity contribution in [2.45, 2.75) is 128 Å². The van der Waals surface area contributed by atoms with Crippen molar-refractivity contribution < 1.29 is 48.6 Å². The van der Waals surface area contributed by atoms with Gasteiger partial charge in [0.2, 0.25) is 41.4 Å². The molecule has 23 nitrogen and oxygen atoms in total. The number of hydrogen-bond acceptors (Lipinski definition) is 12. The number of nitrogens with zero attached hydrogens (tertiary/aromatic N) is 3. The first-order valence-electron chi connectivity index (χ1n) is 24.6. The van der Waals surface area contributed by atoms with E-state index in [9.17, 15) is 48.6 Å². The molecule has 8 atom stereocenters. The molecule has 1 aliphatic heterocycles. The molecule has 23 heteroatoms. The van der Waals surface area contributed by atoms with Crippen molar-refractivity contribution in [3.8, 4) is 5.75 Å². The van der Waals surface area contributed by atoms with Gasteiger partial charge in [-0.05, 0) is 74.2 Å². The fraction of sp³-hybridized carbons (Fsp3) is 0.520. The number of aromatic amines is 1. The molecule has 0 aliphatic carbocycles. The van der Waals surface area contributed by atoms with Crippen LogP contribution in [0.4, 0.5) is 0 Å². The van der Waals surface area contributed by atoms with Crippen LogP contribution in [0.25, 0.3) is 0 Å². The van der Waals surface area contributed by atoms with Crippen molar-refractivity contribution in [3.05, 3.63) is 83.9 Å². The summed E-state index contributed by atoms with van der Waals surface area (Å²) in [6.07, 6.45) is 4.90. The second kappa shape index (κ2) is 29.1. The molecule has 2 heterocycles. The third kappa shape index (κ3) is 18.5. The smallest absolute Gasteiger partial charge is 0.326 e. The fourth-order valence-electron chi connectivity index (χ4n) is 8.33. The van der Waals surface area contributed by atoms with E-state index >= 15 is 0 Å². The number of nitrogens with two attached hydrogens (primary N) is 2. The Morgan fingerprint density at radius 1 is 0.767 bits per heavy atom. The van der Waals surface area contributed by atoms with Crippen LogP contribution in [0.3, 0.4) is 0 Å². The Morgan fingerprint density at radius 3 is 2.01 bits per heavy atom. The van der Waals surface area contributed by atoms with Crippen LogP contribution >= 0.6 is 0 Å². The monoisotopic (exact) mass is 1020 g/mol. The lowest BCUT2D eigenvalue weighted by atomic mass is 9.95. The van der Waals surface area contributed by atoms with Gasteiger partial charge in [-0.2, -0.15) is 0 Å². The number of phenolic OH excluding ortho intramolecular Hbond substituents is 1. The zero-order valence-corrected chi connectivity index (χ0v) is 42.2. The van der Waals surface area contributed by atoms with E-state index in [1.807, 2.05) is 6.92 Å². The van der Waals surface area contributed by atoms with Crippen LogP contribution in [0.1, 0.15) is 83.0 Å². The van der Waals surface area contributed by atoms with E-state index in [1.165, 1.54) is 29.6 Å². The lowest BCUT2D eigenvalue weighted by Gasteiger charge is -2.38. The van der Waals surface area contributed by atoms with Crippen LogP contribution in [-0.4, -0.2) is 147 Å². The highest BCUT2D eigenvalue weighted by atomic mass is 16.4. The van der Waals surface area contributed by atoms with Gasteiger partial charge in [-0.3, -0.25) is 38.6 Å². The van der Waals surface area contributed by atoms with Crippen molar-refractivity contribution in [1.29, 1.82) is 0 Å². The third-order valence-corrected chi connectivity index (χ3v) is 12.6. The third-order valence-electron chi connectivity index (χ3n) is 12.6. The molecule has 1 aliphatic rings. The van der Waals surface area contributed by atoms with Gasteiger partial charge in [0.25, 0.3) is 0 Å². The number of piperidine rings is 1. The number of imidazole rings is 1. The highest BCUT2D eigenvalue weighted by molar-refractivity contribution is 5.98. The first kappa shape index (κ1) is 58.0. The Bertz CT molecular complexity index is 2330. The van der Waals surface area contributed by atoms with E-state index in [2.05, 4.69) is 52.2 Å². The molecule has 1 aromatic heterocycles. The number of carbonyl (C=O) groups excluding carboxylic acids is 7. The van der Waals surface area contributed by atoms with Crippen LogP contribution in [0.15, 0.2) is 72.1 Å². The summed E-state index contributed by atoms with van der Waals surface area (Å²) >= 11 is 0. The number of likely N-dealkylation sites (N-methyl/N-ethyl adjacent to an activating group) is 1. The second-order valence-electron chi connectivity index (χ2n) is 18.6. The van der Waals surface area contributed by atoms with Gasteiger partial charge in [0.05, 0.1) is 12.9 Å². The lowest BCUT2D eigenvalue weighted by molar-refractivity contribution is -0.147. The van der Waals surface area contributed by atoms with Crippen molar-refractivity contribution in [3.63, 3.8) is 0 Å². The Kier molecular flexibility index (Phi) is 23.1. The van der Waals surface area contributed by atoms with Crippen LogP contribution in [0, 0.1) is 11.8 Å². The lowest BCUT2D eigenvalue weighted by Crippen LogP contribution is -2.62. The van der Waals surface area contributed by atoms with E-state index < -0.39 is 101 Å². The number of aromatic hydroxyl groups is 1. The molecule has 1 fully saturated rings. The average Bonchev–Trinajstić information content (AvgIpc) is 3.88. The quantitative estimate of drug-likeness (QED) is 0.0248. The van der Waals surface area contributed by atoms with Crippen molar-refractivity contribution in [2.24, 2.45) is 28.3 Å². The number of carboxylic acid groups (broad SMARTS) is 1. The maximum atomic E-state index is 14.7. The van der Waals surface area contributed by atoms with Crippen molar-refractivity contribution >= 4 is 53.3 Å². The van der Waals surface area contributed by atoms with Crippen molar-refractivity contribution in [1.82, 2.24) is 52.1 Å². The first-order valence-corrected chi connectivity index (χ1v) is 24.6. The van der Waals surface area contributed by atoms with Gasteiger partial charge in [0, 0.05) is 44.2 Å². The summed E-state index contributed by atoms with van der Waals surface area (Å²) in [5.41, 5.74) is 12.6. The summed E-state index contributed by atoms with van der Waals surface area (Å²) in [4.78, 5) is 123. The minimum Gasteiger partial charge on any atom is -0.508 e. The van der Waals surface area contributed by atoms with Crippen LogP contribution in [-0.2, 0) is 57.6 Å². The van der Waals surface area contributed by atoms with Gasteiger partial charge < -0.3 is 68.8 Å². The molecule has 0 bridgehead atoms. The topological polar surface area (TPSA) is 358 Å². The Balaban J connectivity index is 1.60. The zero-order chi connectivity index (χ0) is 53.6. The number of guanidine groups is 1. The Hall–Kier alpha value is -7.56. The minimum absolute atomic E-state index is 0.0144. The molecule has 7 amide bonds. The number of H-pyrrole nitrogens is 1. The molecular formula is C50H73N13O10. The number of rotatable bonds is 28. The minimum atomic E-state index is -1.35. The molecule has 0 radical (unpaired) electrons. The molecule has 73 heavy (non-hydrogen) atoms. The van der Waals surface area contributed by atoms with E-state index in [4.69, 9.17) is 11.5 Å². The van der Waals surface area contributed by atoms with Crippen LogP contribution in [0.2, 0.25) is 0 Å². The maximum Gasteiger partial charge on any atom is 0.326 e.